The van der Waals surface area contributed by atoms with Crippen LogP contribution in [0.25, 0.3) is 0 Å². The Bertz CT molecular complexity index is 1100. The Morgan fingerprint density at radius 2 is 1.44 bits per heavy atom. The molecular formula is C21H16Cl3N5O3. The molecule has 0 spiro atoms. The molecule has 32 heavy (non-hydrogen) atoms. The molecule has 0 saturated heterocycles. The third kappa shape index (κ3) is 6.65. The van der Waals surface area contributed by atoms with Crippen molar-refractivity contribution >= 4 is 63.5 Å². The van der Waals surface area contributed by atoms with Gasteiger partial charge in [0.25, 0.3) is 11.6 Å². The Balaban J connectivity index is 1.68. The monoisotopic (exact) mass is 491 g/mol. The van der Waals surface area contributed by atoms with Gasteiger partial charge < -0.3 is 10.6 Å². The number of amides is 1. The lowest BCUT2D eigenvalue weighted by Gasteiger charge is -2.27. The molecule has 0 aliphatic rings. The van der Waals surface area contributed by atoms with Crippen molar-refractivity contribution in [1.29, 1.82) is 0 Å². The van der Waals surface area contributed by atoms with Crippen LogP contribution in [0.2, 0.25) is 0 Å². The number of anilines is 1. The maximum Gasteiger partial charge on any atom is 0.269 e. The molecule has 3 aromatic carbocycles. The summed E-state index contributed by atoms with van der Waals surface area (Å²) < 4.78 is -1.89. The van der Waals surface area contributed by atoms with Crippen molar-refractivity contribution in [1.82, 2.24) is 5.32 Å². The lowest BCUT2D eigenvalue weighted by molar-refractivity contribution is -0.384. The van der Waals surface area contributed by atoms with Gasteiger partial charge in [-0.05, 0) is 48.5 Å². The Labute approximate surface area is 198 Å². The summed E-state index contributed by atoms with van der Waals surface area (Å²) in [5.41, 5.74) is 1.93. The number of carbonyl (C=O) groups excluding carboxylic acids is 1. The lowest BCUT2D eigenvalue weighted by atomic mass is 10.2. The van der Waals surface area contributed by atoms with Crippen molar-refractivity contribution in [3.63, 3.8) is 0 Å². The number of hydrogen-bond donors (Lipinski definition) is 2. The first-order chi connectivity index (χ1) is 15.2. The van der Waals surface area contributed by atoms with Gasteiger partial charge in [-0.2, -0.15) is 10.2 Å². The molecule has 8 nitrogen and oxygen atoms in total. The number of non-ortho nitro benzene ring substituents is 1. The van der Waals surface area contributed by atoms with Crippen LogP contribution in [-0.2, 0) is 0 Å². The number of nitrogens with one attached hydrogen (secondary N) is 2. The van der Waals surface area contributed by atoms with E-state index in [0.29, 0.717) is 11.4 Å². The normalized spacial score (nSPS) is 12.3. The summed E-state index contributed by atoms with van der Waals surface area (Å²) in [6, 6.07) is 21.2. The summed E-state index contributed by atoms with van der Waals surface area (Å²) >= 11 is 18.1. The Kier molecular flexibility index (Phi) is 7.63. The van der Waals surface area contributed by atoms with Crippen LogP contribution >= 0.6 is 34.8 Å². The molecular weight excluding hydrogens is 477 g/mol. The van der Waals surface area contributed by atoms with E-state index >= 15 is 0 Å². The first-order valence-electron chi connectivity index (χ1n) is 9.18. The summed E-state index contributed by atoms with van der Waals surface area (Å²) in [7, 11) is 0. The number of benzene rings is 3. The van der Waals surface area contributed by atoms with Gasteiger partial charge >= 0.3 is 0 Å². The number of halogens is 3. The van der Waals surface area contributed by atoms with E-state index in [4.69, 9.17) is 34.8 Å². The first kappa shape index (κ1) is 23.5. The molecule has 0 fully saturated rings. The van der Waals surface area contributed by atoms with Crippen LogP contribution in [0.5, 0.6) is 0 Å². The van der Waals surface area contributed by atoms with Gasteiger partial charge in [0.05, 0.1) is 16.3 Å². The Morgan fingerprint density at radius 1 is 0.875 bits per heavy atom. The van der Waals surface area contributed by atoms with Crippen LogP contribution < -0.4 is 10.6 Å². The van der Waals surface area contributed by atoms with Crippen LogP contribution in [0.3, 0.4) is 0 Å². The van der Waals surface area contributed by atoms with E-state index in [1.165, 1.54) is 24.3 Å². The van der Waals surface area contributed by atoms with E-state index in [1.807, 2.05) is 30.3 Å². The zero-order valence-electron chi connectivity index (χ0n) is 16.3. The first-order valence-corrected chi connectivity index (χ1v) is 10.3. The van der Waals surface area contributed by atoms with Gasteiger partial charge in [0.1, 0.15) is 6.17 Å². The number of rotatable bonds is 7. The lowest BCUT2D eigenvalue weighted by Crippen LogP contribution is -2.49. The highest BCUT2D eigenvalue weighted by molar-refractivity contribution is 6.68. The topological polar surface area (TPSA) is 109 Å². The average molecular weight is 493 g/mol. The Morgan fingerprint density at radius 3 is 1.97 bits per heavy atom. The van der Waals surface area contributed by atoms with Crippen LogP contribution in [0.1, 0.15) is 10.4 Å². The number of nitrogens with zero attached hydrogens (tertiary/aromatic N) is 3. The molecule has 0 aromatic heterocycles. The van der Waals surface area contributed by atoms with E-state index in [9.17, 15) is 14.9 Å². The quantitative estimate of drug-likeness (QED) is 0.128. The molecule has 0 saturated carbocycles. The predicted molar refractivity (Wildman–Crippen MR) is 125 cm³/mol. The number of nitro benzene ring substituents is 1. The molecule has 164 valence electrons. The summed E-state index contributed by atoms with van der Waals surface area (Å²) in [4.78, 5) is 22.7. The van der Waals surface area contributed by atoms with Crippen molar-refractivity contribution in [3.05, 3.63) is 94.5 Å². The molecule has 3 rings (SSSR count). The fraction of sp³-hybridized carbons (Fsp3) is 0.0952. The van der Waals surface area contributed by atoms with E-state index < -0.39 is 20.8 Å². The molecule has 1 atom stereocenters. The average Bonchev–Trinajstić information content (AvgIpc) is 2.78. The van der Waals surface area contributed by atoms with Crippen molar-refractivity contribution in [2.75, 3.05) is 5.32 Å². The van der Waals surface area contributed by atoms with Crippen molar-refractivity contribution < 1.29 is 9.72 Å². The minimum absolute atomic E-state index is 0.137. The van der Waals surface area contributed by atoms with Crippen LogP contribution in [0, 0.1) is 10.1 Å². The zero-order valence-corrected chi connectivity index (χ0v) is 18.6. The SMILES string of the molecule is O=C(N[C@@H](Nc1ccc(N=Nc2ccccc2)cc1)C(Cl)(Cl)Cl)c1ccc([N+](=O)[O-])cc1. The molecule has 0 aliphatic heterocycles. The van der Waals surface area contributed by atoms with E-state index in [-0.39, 0.29) is 11.3 Å². The number of nitro groups is 1. The number of carbonyl (C=O) groups is 1. The highest BCUT2D eigenvalue weighted by atomic mass is 35.6. The van der Waals surface area contributed by atoms with Crippen molar-refractivity contribution in [3.8, 4) is 0 Å². The fourth-order valence-corrected chi connectivity index (χ4v) is 2.88. The van der Waals surface area contributed by atoms with Gasteiger partial charge in [0.2, 0.25) is 3.79 Å². The standard InChI is InChI=1S/C21H16Cl3N5O3/c22-21(23,24)20(26-19(30)14-6-12-18(13-7-14)29(31)32)25-15-8-10-17(11-9-15)28-27-16-4-2-1-3-5-16/h1-13,20,25H,(H,26,30)/t20-/m1/s1. The van der Waals surface area contributed by atoms with Crippen molar-refractivity contribution in [2.45, 2.75) is 9.96 Å². The summed E-state index contributed by atoms with van der Waals surface area (Å²) in [5, 5.41) is 24.6. The smallest absolute Gasteiger partial charge is 0.269 e. The van der Waals surface area contributed by atoms with Gasteiger partial charge in [-0.1, -0.05) is 53.0 Å². The zero-order chi connectivity index (χ0) is 23.1. The van der Waals surface area contributed by atoms with Gasteiger partial charge in [-0.15, -0.1) is 0 Å². The largest absolute Gasteiger partial charge is 0.362 e. The molecule has 0 aliphatic carbocycles. The summed E-state index contributed by atoms with van der Waals surface area (Å²) in [6.07, 6.45) is -1.09. The van der Waals surface area contributed by atoms with E-state index in [2.05, 4.69) is 20.9 Å². The van der Waals surface area contributed by atoms with Crippen LogP contribution in [0.15, 0.2) is 89.1 Å². The second kappa shape index (κ2) is 10.4. The molecule has 11 heteroatoms. The second-order valence-electron chi connectivity index (χ2n) is 6.48. The summed E-state index contributed by atoms with van der Waals surface area (Å²) in [6.45, 7) is 0. The minimum atomic E-state index is -1.89. The van der Waals surface area contributed by atoms with Gasteiger partial charge in [0, 0.05) is 23.4 Å². The predicted octanol–water partition coefficient (Wildman–Crippen LogP) is 6.55. The summed E-state index contributed by atoms with van der Waals surface area (Å²) in [5.74, 6) is -0.572. The molecule has 0 radical (unpaired) electrons. The number of hydrogen-bond acceptors (Lipinski definition) is 6. The number of azo groups is 1. The van der Waals surface area contributed by atoms with Gasteiger partial charge in [0.15, 0.2) is 0 Å². The molecule has 0 bridgehead atoms. The van der Waals surface area contributed by atoms with E-state index in [0.717, 1.165) is 5.69 Å². The van der Waals surface area contributed by atoms with Crippen LogP contribution in [-0.4, -0.2) is 20.8 Å². The third-order valence-corrected chi connectivity index (χ3v) is 4.81. The molecule has 0 unspecified atom stereocenters. The Hall–Kier alpha value is -3.20. The minimum Gasteiger partial charge on any atom is -0.362 e. The number of alkyl halides is 3. The highest BCUT2D eigenvalue weighted by Gasteiger charge is 2.34. The molecule has 2 N–H and O–H groups in total. The van der Waals surface area contributed by atoms with E-state index in [1.54, 1.807) is 24.3 Å². The fourth-order valence-electron chi connectivity index (χ4n) is 2.55. The highest BCUT2D eigenvalue weighted by Crippen LogP contribution is 2.32. The molecule has 0 heterocycles. The third-order valence-electron chi connectivity index (χ3n) is 4.16. The molecule has 3 aromatic rings. The van der Waals surface area contributed by atoms with Crippen molar-refractivity contribution in [2.24, 2.45) is 10.2 Å². The maximum atomic E-state index is 12.5. The second-order valence-corrected chi connectivity index (χ2v) is 8.85. The molecule has 1 amide bonds. The van der Waals surface area contributed by atoms with Gasteiger partial charge in [-0.25, -0.2) is 0 Å². The van der Waals surface area contributed by atoms with Crippen LogP contribution in [0.4, 0.5) is 22.7 Å². The maximum absolute atomic E-state index is 12.5. The van der Waals surface area contributed by atoms with Gasteiger partial charge in [-0.3, -0.25) is 14.9 Å².